The number of aromatic nitrogens is 1. The number of benzene rings is 1. The quantitative estimate of drug-likeness (QED) is 0.762. The van der Waals surface area contributed by atoms with Gasteiger partial charge >= 0.3 is 0 Å². The number of carbonyl (C=O) groups excluding carboxylic acids is 1. The predicted molar refractivity (Wildman–Crippen MR) is 78.7 cm³/mol. The van der Waals surface area contributed by atoms with Crippen LogP contribution in [0.5, 0.6) is 0 Å². The highest BCUT2D eigenvalue weighted by Gasteiger charge is 2.10. The molecule has 2 heterocycles. The molecule has 3 rings (SSSR count). The molecule has 0 fully saturated rings. The minimum Gasteiger partial charge on any atom is -0.441 e. The van der Waals surface area contributed by atoms with Gasteiger partial charge in [0.15, 0.2) is 11.5 Å². The Kier molecular flexibility index (Phi) is 3.12. The first-order valence-corrected chi connectivity index (χ1v) is 7.17. The third-order valence-corrected chi connectivity index (χ3v) is 4.17. The Labute approximate surface area is 121 Å². The number of rotatable bonds is 2. The van der Waals surface area contributed by atoms with Crippen molar-refractivity contribution >= 4 is 50.0 Å². The van der Waals surface area contributed by atoms with Gasteiger partial charge in [-0.25, -0.2) is 4.98 Å². The Balaban J connectivity index is 1.86. The summed E-state index contributed by atoms with van der Waals surface area (Å²) in [5, 5.41) is 2.84. The van der Waals surface area contributed by atoms with E-state index < -0.39 is 0 Å². The molecule has 0 spiro atoms. The van der Waals surface area contributed by atoms with Gasteiger partial charge in [0.2, 0.25) is 0 Å². The van der Waals surface area contributed by atoms with Crippen LogP contribution in [0.15, 0.2) is 38.5 Å². The van der Waals surface area contributed by atoms with Crippen molar-refractivity contribution in [1.29, 1.82) is 0 Å². The average molecular weight is 337 g/mol. The largest absolute Gasteiger partial charge is 0.441 e. The predicted octanol–water partition coefficient (Wildman–Crippen LogP) is 4.21. The Morgan fingerprint density at radius 3 is 2.95 bits per heavy atom. The van der Waals surface area contributed by atoms with Crippen LogP contribution in [-0.4, -0.2) is 10.9 Å². The number of fused-ring (bicyclic) bond motifs is 1. The van der Waals surface area contributed by atoms with Crippen LogP contribution < -0.4 is 5.32 Å². The van der Waals surface area contributed by atoms with E-state index in [0.717, 1.165) is 14.9 Å². The molecule has 3 aromatic rings. The lowest BCUT2D eigenvalue weighted by molar-refractivity contribution is 0.103. The van der Waals surface area contributed by atoms with E-state index in [1.165, 1.54) is 11.3 Å². The van der Waals surface area contributed by atoms with E-state index in [0.29, 0.717) is 16.5 Å². The molecule has 0 saturated carbocycles. The number of oxazole rings is 1. The highest BCUT2D eigenvalue weighted by molar-refractivity contribution is 9.11. The van der Waals surface area contributed by atoms with E-state index in [9.17, 15) is 4.79 Å². The number of anilines is 1. The van der Waals surface area contributed by atoms with Crippen molar-refractivity contribution < 1.29 is 9.21 Å². The van der Waals surface area contributed by atoms with E-state index in [4.69, 9.17) is 4.42 Å². The van der Waals surface area contributed by atoms with E-state index in [1.807, 2.05) is 6.07 Å². The lowest BCUT2D eigenvalue weighted by Crippen LogP contribution is -2.09. The third kappa shape index (κ3) is 2.54. The monoisotopic (exact) mass is 336 g/mol. The van der Waals surface area contributed by atoms with Crippen molar-refractivity contribution in [1.82, 2.24) is 4.98 Å². The molecule has 0 aliphatic carbocycles. The zero-order valence-corrected chi connectivity index (χ0v) is 12.3. The number of hydrogen-bond donors (Lipinski definition) is 1. The van der Waals surface area contributed by atoms with Gasteiger partial charge in [-0.2, -0.15) is 0 Å². The molecule has 0 bridgehead atoms. The first-order valence-electron chi connectivity index (χ1n) is 5.56. The Morgan fingerprint density at radius 2 is 2.21 bits per heavy atom. The average Bonchev–Trinajstić information content (AvgIpc) is 2.93. The van der Waals surface area contributed by atoms with Gasteiger partial charge in [-0.05, 0) is 46.3 Å². The summed E-state index contributed by atoms with van der Waals surface area (Å²) in [5.74, 6) is 0.482. The standard InChI is InChI=1S/C13H9BrN2O2S/c1-7-15-9-6-8(2-3-10(9)18-7)16-13(17)11-4-5-12(14)19-11/h2-6H,1H3,(H,16,17). The minimum atomic E-state index is -0.129. The summed E-state index contributed by atoms with van der Waals surface area (Å²) in [6.45, 7) is 1.79. The summed E-state index contributed by atoms with van der Waals surface area (Å²) in [7, 11) is 0. The van der Waals surface area contributed by atoms with Gasteiger partial charge in [0.25, 0.3) is 5.91 Å². The van der Waals surface area contributed by atoms with E-state index in [-0.39, 0.29) is 5.91 Å². The fraction of sp³-hybridized carbons (Fsp3) is 0.0769. The molecule has 1 N–H and O–H groups in total. The van der Waals surface area contributed by atoms with Crippen LogP contribution in [0, 0.1) is 6.92 Å². The summed E-state index contributed by atoms with van der Waals surface area (Å²) in [6, 6.07) is 9.03. The molecule has 6 heteroatoms. The molecule has 0 unspecified atom stereocenters. The number of amides is 1. The smallest absolute Gasteiger partial charge is 0.265 e. The second-order valence-electron chi connectivity index (χ2n) is 3.97. The first-order chi connectivity index (χ1) is 9.11. The third-order valence-electron chi connectivity index (χ3n) is 2.55. The summed E-state index contributed by atoms with van der Waals surface area (Å²) in [6.07, 6.45) is 0. The first kappa shape index (κ1) is 12.4. The van der Waals surface area contributed by atoms with Crippen LogP contribution in [0.4, 0.5) is 5.69 Å². The van der Waals surface area contributed by atoms with Gasteiger partial charge in [0.05, 0.1) is 8.66 Å². The fourth-order valence-corrected chi connectivity index (χ4v) is 3.03. The number of hydrogen-bond acceptors (Lipinski definition) is 4. The molecule has 4 nitrogen and oxygen atoms in total. The maximum absolute atomic E-state index is 12.0. The van der Waals surface area contributed by atoms with Crippen LogP contribution in [-0.2, 0) is 0 Å². The lowest BCUT2D eigenvalue weighted by atomic mass is 10.3. The Hall–Kier alpha value is -1.66. The topological polar surface area (TPSA) is 55.1 Å². The van der Waals surface area contributed by atoms with Crippen molar-refractivity contribution in [2.24, 2.45) is 0 Å². The second-order valence-corrected chi connectivity index (χ2v) is 6.44. The molecule has 96 valence electrons. The summed E-state index contributed by atoms with van der Waals surface area (Å²) < 4.78 is 6.32. The number of nitrogens with zero attached hydrogens (tertiary/aromatic N) is 1. The molecule has 0 saturated heterocycles. The molecule has 19 heavy (non-hydrogen) atoms. The number of carbonyl (C=O) groups is 1. The molecule has 0 aliphatic rings. The van der Waals surface area contributed by atoms with Crippen molar-refractivity contribution in [3.8, 4) is 0 Å². The molecule has 1 amide bonds. The van der Waals surface area contributed by atoms with Gasteiger partial charge in [0, 0.05) is 12.6 Å². The van der Waals surface area contributed by atoms with E-state index in [1.54, 1.807) is 31.2 Å². The van der Waals surface area contributed by atoms with Crippen molar-refractivity contribution in [2.45, 2.75) is 6.92 Å². The van der Waals surface area contributed by atoms with E-state index in [2.05, 4.69) is 26.2 Å². The molecular weight excluding hydrogens is 328 g/mol. The van der Waals surface area contributed by atoms with Crippen molar-refractivity contribution in [2.75, 3.05) is 5.32 Å². The molecule has 0 aliphatic heterocycles. The minimum absolute atomic E-state index is 0.129. The molecule has 1 aromatic carbocycles. The van der Waals surface area contributed by atoms with Crippen LogP contribution in [0.1, 0.15) is 15.6 Å². The van der Waals surface area contributed by atoms with Crippen molar-refractivity contribution in [3.63, 3.8) is 0 Å². The lowest BCUT2D eigenvalue weighted by Gasteiger charge is -2.02. The van der Waals surface area contributed by atoms with E-state index >= 15 is 0 Å². The molecule has 0 atom stereocenters. The zero-order chi connectivity index (χ0) is 13.4. The van der Waals surface area contributed by atoms with Gasteiger partial charge in [0.1, 0.15) is 5.52 Å². The van der Waals surface area contributed by atoms with Gasteiger partial charge in [-0.1, -0.05) is 0 Å². The highest BCUT2D eigenvalue weighted by Crippen LogP contribution is 2.24. The highest BCUT2D eigenvalue weighted by atomic mass is 79.9. The molecular formula is C13H9BrN2O2S. The Bertz CT molecular complexity index is 763. The summed E-state index contributed by atoms with van der Waals surface area (Å²) in [5.41, 5.74) is 2.16. The van der Waals surface area contributed by atoms with Crippen LogP contribution in [0.2, 0.25) is 0 Å². The molecule has 2 aromatic heterocycles. The maximum atomic E-state index is 12.0. The zero-order valence-electron chi connectivity index (χ0n) is 9.94. The molecule has 0 radical (unpaired) electrons. The van der Waals surface area contributed by atoms with Crippen LogP contribution in [0.25, 0.3) is 11.1 Å². The summed E-state index contributed by atoms with van der Waals surface area (Å²) >= 11 is 4.73. The van der Waals surface area contributed by atoms with Gasteiger partial charge < -0.3 is 9.73 Å². The fourth-order valence-electron chi connectivity index (χ4n) is 1.75. The summed E-state index contributed by atoms with van der Waals surface area (Å²) in [4.78, 5) is 16.9. The SMILES string of the molecule is Cc1nc2cc(NC(=O)c3ccc(Br)s3)ccc2o1. The van der Waals surface area contributed by atoms with Gasteiger partial charge in [-0.3, -0.25) is 4.79 Å². The maximum Gasteiger partial charge on any atom is 0.265 e. The van der Waals surface area contributed by atoms with Crippen molar-refractivity contribution in [3.05, 3.63) is 44.9 Å². The number of nitrogens with one attached hydrogen (secondary N) is 1. The number of aryl methyl sites for hydroxylation is 1. The van der Waals surface area contributed by atoms with Crippen LogP contribution in [0.3, 0.4) is 0 Å². The number of thiophene rings is 1. The van der Waals surface area contributed by atoms with Crippen LogP contribution >= 0.6 is 27.3 Å². The Morgan fingerprint density at radius 1 is 1.37 bits per heavy atom. The number of halogens is 1. The van der Waals surface area contributed by atoms with Gasteiger partial charge in [-0.15, -0.1) is 11.3 Å². The second kappa shape index (κ2) is 4.79. The normalized spacial score (nSPS) is 10.8.